The average Bonchev–Trinajstić information content (AvgIpc) is 2.67. The quantitative estimate of drug-likeness (QED) is 0.858. The molecule has 0 saturated carbocycles. The second-order valence-electron chi connectivity index (χ2n) is 5.16. The van der Waals surface area contributed by atoms with Gasteiger partial charge in [0.1, 0.15) is 0 Å². The van der Waals surface area contributed by atoms with Gasteiger partial charge in [-0.1, -0.05) is 0 Å². The van der Waals surface area contributed by atoms with Crippen LogP contribution in [0.4, 0.5) is 11.5 Å². The summed E-state index contributed by atoms with van der Waals surface area (Å²) in [6, 6.07) is 3.89. The standard InChI is InChI=1S/C13H22N4/c1-10-4-5-12(14)13(15-10)17(3)9-11-6-7-16(2)8-11/h4-5,11H,6-9,14H2,1-3H3. The molecule has 2 heterocycles. The van der Waals surface area contributed by atoms with Crippen molar-refractivity contribution in [3.05, 3.63) is 17.8 Å². The molecule has 1 saturated heterocycles. The van der Waals surface area contributed by atoms with E-state index in [0.29, 0.717) is 0 Å². The maximum Gasteiger partial charge on any atom is 0.151 e. The highest BCUT2D eigenvalue weighted by atomic mass is 15.2. The number of pyridine rings is 1. The van der Waals surface area contributed by atoms with Crippen LogP contribution in [0.5, 0.6) is 0 Å². The summed E-state index contributed by atoms with van der Waals surface area (Å²) in [6.45, 7) is 5.41. The molecule has 0 bridgehead atoms. The Bertz CT molecular complexity index is 391. The van der Waals surface area contributed by atoms with E-state index in [-0.39, 0.29) is 0 Å². The molecule has 1 fully saturated rings. The van der Waals surface area contributed by atoms with Crippen LogP contribution in [0.2, 0.25) is 0 Å². The van der Waals surface area contributed by atoms with Gasteiger partial charge in [-0.2, -0.15) is 0 Å². The van der Waals surface area contributed by atoms with Crippen LogP contribution in [0.3, 0.4) is 0 Å². The van der Waals surface area contributed by atoms with Crippen molar-refractivity contribution in [3.63, 3.8) is 0 Å². The van der Waals surface area contributed by atoms with Gasteiger partial charge in [0.2, 0.25) is 0 Å². The molecule has 1 aliphatic rings. The molecule has 1 unspecified atom stereocenters. The van der Waals surface area contributed by atoms with E-state index in [0.717, 1.165) is 29.7 Å². The molecule has 0 radical (unpaired) electrons. The van der Waals surface area contributed by atoms with Gasteiger partial charge in [0.15, 0.2) is 5.82 Å². The fourth-order valence-corrected chi connectivity index (χ4v) is 2.51. The Kier molecular flexibility index (Phi) is 3.52. The van der Waals surface area contributed by atoms with E-state index in [9.17, 15) is 0 Å². The van der Waals surface area contributed by atoms with E-state index >= 15 is 0 Å². The van der Waals surface area contributed by atoms with Crippen molar-refractivity contribution in [2.24, 2.45) is 5.92 Å². The zero-order chi connectivity index (χ0) is 12.4. The van der Waals surface area contributed by atoms with Gasteiger partial charge in [-0.25, -0.2) is 4.98 Å². The molecule has 1 aromatic heterocycles. The molecule has 94 valence electrons. The third-order valence-electron chi connectivity index (χ3n) is 3.43. The van der Waals surface area contributed by atoms with E-state index in [2.05, 4.69) is 28.9 Å². The van der Waals surface area contributed by atoms with E-state index in [1.54, 1.807) is 0 Å². The highest BCUT2D eigenvalue weighted by Crippen LogP contribution is 2.22. The summed E-state index contributed by atoms with van der Waals surface area (Å²) in [5.41, 5.74) is 7.76. The lowest BCUT2D eigenvalue weighted by Gasteiger charge is -2.23. The minimum atomic E-state index is 0.728. The summed E-state index contributed by atoms with van der Waals surface area (Å²) < 4.78 is 0. The van der Waals surface area contributed by atoms with Crippen molar-refractivity contribution in [3.8, 4) is 0 Å². The Morgan fingerprint density at radius 1 is 1.53 bits per heavy atom. The Morgan fingerprint density at radius 2 is 2.29 bits per heavy atom. The number of likely N-dealkylation sites (tertiary alicyclic amines) is 1. The third-order valence-corrected chi connectivity index (χ3v) is 3.43. The molecule has 4 nitrogen and oxygen atoms in total. The van der Waals surface area contributed by atoms with E-state index < -0.39 is 0 Å². The molecule has 0 aliphatic carbocycles. The smallest absolute Gasteiger partial charge is 0.151 e. The molecule has 1 aromatic rings. The van der Waals surface area contributed by atoms with Gasteiger partial charge in [-0.05, 0) is 45.0 Å². The molecule has 0 spiro atoms. The normalized spacial score (nSPS) is 20.8. The first-order chi connectivity index (χ1) is 8.06. The predicted octanol–water partition coefficient (Wildman–Crippen LogP) is 1.36. The second-order valence-corrected chi connectivity index (χ2v) is 5.16. The highest BCUT2D eigenvalue weighted by molar-refractivity contribution is 5.62. The summed E-state index contributed by atoms with van der Waals surface area (Å²) in [4.78, 5) is 9.09. The second kappa shape index (κ2) is 4.92. The van der Waals surface area contributed by atoms with Crippen LogP contribution in [0, 0.1) is 12.8 Å². The van der Waals surface area contributed by atoms with Gasteiger partial charge < -0.3 is 15.5 Å². The number of hydrogen-bond donors (Lipinski definition) is 1. The minimum absolute atomic E-state index is 0.728. The van der Waals surface area contributed by atoms with Crippen LogP contribution in [-0.2, 0) is 0 Å². The summed E-state index contributed by atoms with van der Waals surface area (Å²) in [7, 11) is 4.26. The van der Waals surface area contributed by atoms with Crippen molar-refractivity contribution in [1.82, 2.24) is 9.88 Å². The Hall–Kier alpha value is -1.29. The molecular weight excluding hydrogens is 212 g/mol. The maximum atomic E-state index is 5.98. The maximum absolute atomic E-state index is 5.98. The van der Waals surface area contributed by atoms with Crippen molar-refractivity contribution in [2.75, 3.05) is 44.4 Å². The van der Waals surface area contributed by atoms with Crippen molar-refractivity contribution in [2.45, 2.75) is 13.3 Å². The monoisotopic (exact) mass is 234 g/mol. The molecule has 1 aliphatic heterocycles. The van der Waals surface area contributed by atoms with E-state index in [1.807, 2.05) is 19.1 Å². The number of nitrogen functional groups attached to an aromatic ring is 1. The summed E-state index contributed by atoms with van der Waals surface area (Å²) >= 11 is 0. The third kappa shape index (κ3) is 2.88. The fourth-order valence-electron chi connectivity index (χ4n) is 2.51. The molecule has 2 rings (SSSR count). The van der Waals surface area contributed by atoms with Crippen LogP contribution in [0.1, 0.15) is 12.1 Å². The number of rotatable bonds is 3. The number of nitrogens with zero attached hydrogens (tertiary/aromatic N) is 3. The number of aryl methyl sites for hydroxylation is 1. The van der Waals surface area contributed by atoms with Gasteiger partial charge in [-0.3, -0.25) is 0 Å². The Morgan fingerprint density at radius 3 is 2.94 bits per heavy atom. The molecule has 0 amide bonds. The molecular formula is C13H22N4. The van der Waals surface area contributed by atoms with Gasteiger partial charge in [0.25, 0.3) is 0 Å². The topological polar surface area (TPSA) is 45.4 Å². The lowest BCUT2D eigenvalue weighted by Crippen LogP contribution is -2.28. The number of anilines is 2. The van der Waals surface area contributed by atoms with E-state index in [4.69, 9.17) is 5.73 Å². The molecule has 17 heavy (non-hydrogen) atoms. The van der Waals surface area contributed by atoms with Gasteiger partial charge in [0.05, 0.1) is 5.69 Å². The van der Waals surface area contributed by atoms with Crippen molar-refractivity contribution >= 4 is 11.5 Å². The molecule has 0 aromatic carbocycles. The van der Waals surface area contributed by atoms with Crippen LogP contribution in [0.15, 0.2) is 12.1 Å². The average molecular weight is 234 g/mol. The zero-order valence-corrected chi connectivity index (χ0v) is 11.0. The first-order valence-electron chi connectivity index (χ1n) is 6.19. The lowest BCUT2D eigenvalue weighted by molar-refractivity contribution is 0.395. The summed E-state index contributed by atoms with van der Waals surface area (Å²) in [5.74, 6) is 1.64. The van der Waals surface area contributed by atoms with E-state index in [1.165, 1.54) is 19.5 Å². The van der Waals surface area contributed by atoms with Crippen LogP contribution < -0.4 is 10.6 Å². The van der Waals surface area contributed by atoms with Gasteiger partial charge in [0, 0.05) is 25.8 Å². The SMILES string of the molecule is Cc1ccc(N)c(N(C)CC2CCN(C)C2)n1. The van der Waals surface area contributed by atoms with Crippen molar-refractivity contribution in [1.29, 1.82) is 0 Å². The highest BCUT2D eigenvalue weighted by Gasteiger charge is 2.21. The molecule has 2 N–H and O–H groups in total. The first kappa shape index (κ1) is 12.2. The predicted molar refractivity (Wildman–Crippen MR) is 72.3 cm³/mol. The Balaban J connectivity index is 2.04. The first-order valence-corrected chi connectivity index (χ1v) is 6.19. The zero-order valence-electron chi connectivity index (χ0n) is 11.0. The van der Waals surface area contributed by atoms with Gasteiger partial charge in [-0.15, -0.1) is 0 Å². The number of aromatic nitrogens is 1. The number of nitrogens with two attached hydrogens (primary N) is 1. The summed E-state index contributed by atoms with van der Waals surface area (Å²) in [5, 5.41) is 0. The van der Waals surface area contributed by atoms with Crippen LogP contribution >= 0.6 is 0 Å². The minimum Gasteiger partial charge on any atom is -0.396 e. The lowest BCUT2D eigenvalue weighted by atomic mass is 10.1. The van der Waals surface area contributed by atoms with Gasteiger partial charge >= 0.3 is 0 Å². The summed E-state index contributed by atoms with van der Waals surface area (Å²) in [6.07, 6.45) is 1.27. The number of hydrogen-bond acceptors (Lipinski definition) is 4. The largest absolute Gasteiger partial charge is 0.396 e. The van der Waals surface area contributed by atoms with Crippen LogP contribution in [0.25, 0.3) is 0 Å². The molecule has 1 atom stereocenters. The van der Waals surface area contributed by atoms with Crippen molar-refractivity contribution < 1.29 is 0 Å². The Labute approximate surface area is 103 Å². The fraction of sp³-hybridized carbons (Fsp3) is 0.615. The molecule has 4 heteroatoms. The van der Waals surface area contributed by atoms with Crippen LogP contribution in [-0.4, -0.2) is 43.6 Å².